The van der Waals surface area contributed by atoms with E-state index in [0.717, 1.165) is 56.9 Å². The van der Waals surface area contributed by atoms with Crippen LogP contribution in [0.4, 0.5) is 5.69 Å². The van der Waals surface area contributed by atoms with E-state index in [1.807, 2.05) is 29.2 Å². The molecule has 1 aromatic rings. The maximum Gasteiger partial charge on any atom is 0.228 e. The van der Waals surface area contributed by atoms with Crippen LogP contribution in [0.15, 0.2) is 24.3 Å². The number of piperazine rings is 1. The molecule has 24 heavy (non-hydrogen) atoms. The van der Waals surface area contributed by atoms with Crippen LogP contribution in [0.1, 0.15) is 12.0 Å². The van der Waals surface area contributed by atoms with E-state index in [-0.39, 0.29) is 17.7 Å². The third kappa shape index (κ3) is 4.33. The predicted octanol–water partition coefficient (Wildman–Crippen LogP) is 0.551. The minimum atomic E-state index is 0.0588. The molecule has 0 spiro atoms. The first-order valence-electron chi connectivity index (χ1n) is 8.68. The van der Waals surface area contributed by atoms with Crippen molar-refractivity contribution in [2.24, 2.45) is 5.92 Å². The van der Waals surface area contributed by atoms with Gasteiger partial charge in [0.05, 0.1) is 12.3 Å². The average molecular weight is 330 g/mol. The highest BCUT2D eigenvalue weighted by Gasteiger charge is 2.22. The van der Waals surface area contributed by atoms with Gasteiger partial charge in [0.25, 0.3) is 0 Å². The first-order chi connectivity index (χ1) is 11.6. The summed E-state index contributed by atoms with van der Waals surface area (Å²) in [6, 6.07) is 7.62. The van der Waals surface area contributed by atoms with Gasteiger partial charge in [-0.3, -0.25) is 9.59 Å². The minimum Gasteiger partial charge on any atom is -0.340 e. The molecule has 0 aromatic heterocycles. The lowest BCUT2D eigenvalue weighted by atomic mass is 10.1. The maximum absolute atomic E-state index is 12.3. The van der Waals surface area contributed by atoms with Crippen molar-refractivity contribution in [2.75, 3.05) is 51.6 Å². The third-order valence-corrected chi connectivity index (χ3v) is 4.86. The van der Waals surface area contributed by atoms with Crippen LogP contribution in [0.25, 0.3) is 0 Å². The van der Waals surface area contributed by atoms with E-state index in [1.54, 1.807) is 0 Å². The van der Waals surface area contributed by atoms with E-state index < -0.39 is 0 Å². The number of carbonyl (C=O) groups is 2. The van der Waals surface area contributed by atoms with Gasteiger partial charge >= 0.3 is 0 Å². The molecule has 2 N–H and O–H groups in total. The van der Waals surface area contributed by atoms with E-state index in [2.05, 4.69) is 22.6 Å². The number of rotatable bonds is 4. The summed E-state index contributed by atoms with van der Waals surface area (Å²) in [5.41, 5.74) is 1.78. The number of nitrogens with zero attached hydrogens (tertiary/aromatic N) is 2. The number of likely N-dealkylation sites (N-methyl/N-ethyl adjacent to an activating group) is 1. The fourth-order valence-corrected chi connectivity index (χ4v) is 3.17. The van der Waals surface area contributed by atoms with Gasteiger partial charge in [-0.1, -0.05) is 12.1 Å². The first-order valence-corrected chi connectivity index (χ1v) is 8.68. The Bertz CT molecular complexity index is 573. The monoisotopic (exact) mass is 330 g/mol. The lowest BCUT2D eigenvalue weighted by Gasteiger charge is -2.32. The smallest absolute Gasteiger partial charge is 0.228 e. The Morgan fingerprint density at radius 1 is 1.17 bits per heavy atom. The van der Waals surface area contributed by atoms with Crippen molar-refractivity contribution in [3.8, 4) is 0 Å². The highest BCUT2D eigenvalue weighted by Crippen LogP contribution is 2.15. The lowest BCUT2D eigenvalue weighted by Crippen LogP contribution is -2.47. The zero-order chi connectivity index (χ0) is 16.9. The van der Waals surface area contributed by atoms with Crippen molar-refractivity contribution in [2.45, 2.75) is 12.8 Å². The normalized spacial score (nSPS) is 21.7. The Morgan fingerprint density at radius 3 is 2.50 bits per heavy atom. The Labute approximate surface area is 143 Å². The van der Waals surface area contributed by atoms with Crippen molar-refractivity contribution in [3.63, 3.8) is 0 Å². The van der Waals surface area contributed by atoms with Crippen LogP contribution in [-0.2, 0) is 16.0 Å². The molecule has 3 rings (SSSR count). The molecule has 130 valence electrons. The van der Waals surface area contributed by atoms with Gasteiger partial charge in [-0.2, -0.15) is 0 Å². The van der Waals surface area contributed by atoms with Crippen LogP contribution in [0, 0.1) is 5.92 Å². The molecule has 1 atom stereocenters. The van der Waals surface area contributed by atoms with Crippen molar-refractivity contribution < 1.29 is 9.59 Å². The summed E-state index contributed by atoms with van der Waals surface area (Å²) in [4.78, 5) is 28.6. The van der Waals surface area contributed by atoms with Crippen molar-refractivity contribution in [3.05, 3.63) is 29.8 Å². The molecule has 1 aromatic carbocycles. The second-order valence-electron chi connectivity index (χ2n) is 6.74. The molecule has 2 aliphatic heterocycles. The number of hydrogen-bond acceptors (Lipinski definition) is 4. The quantitative estimate of drug-likeness (QED) is 0.846. The van der Waals surface area contributed by atoms with E-state index in [1.165, 1.54) is 0 Å². The van der Waals surface area contributed by atoms with Crippen LogP contribution < -0.4 is 10.6 Å². The topological polar surface area (TPSA) is 64.7 Å². The van der Waals surface area contributed by atoms with Crippen molar-refractivity contribution in [1.82, 2.24) is 15.1 Å². The number of amides is 2. The molecule has 2 amide bonds. The van der Waals surface area contributed by atoms with Gasteiger partial charge in [0, 0.05) is 38.4 Å². The number of carbonyl (C=O) groups excluding carboxylic acids is 2. The van der Waals surface area contributed by atoms with Gasteiger partial charge in [-0.05, 0) is 37.7 Å². The van der Waals surface area contributed by atoms with Gasteiger partial charge < -0.3 is 20.4 Å². The van der Waals surface area contributed by atoms with Crippen LogP contribution in [0.5, 0.6) is 0 Å². The summed E-state index contributed by atoms with van der Waals surface area (Å²) in [6.45, 7) is 5.14. The van der Waals surface area contributed by atoms with Crippen LogP contribution in [0.2, 0.25) is 0 Å². The second kappa shape index (κ2) is 7.77. The van der Waals surface area contributed by atoms with Crippen LogP contribution in [0.3, 0.4) is 0 Å². The molecule has 2 heterocycles. The van der Waals surface area contributed by atoms with E-state index >= 15 is 0 Å². The first kappa shape index (κ1) is 16.9. The third-order valence-electron chi connectivity index (χ3n) is 4.86. The van der Waals surface area contributed by atoms with Crippen molar-refractivity contribution >= 4 is 17.5 Å². The molecule has 2 aliphatic rings. The van der Waals surface area contributed by atoms with Crippen molar-refractivity contribution in [1.29, 1.82) is 0 Å². The maximum atomic E-state index is 12.3. The Balaban J connectivity index is 1.50. The molecule has 0 saturated carbocycles. The molecule has 6 heteroatoms. The molecular weight excluding hydrogens is 304 g/mol. The number of anilines is 1. The molecule has 0 radical (unpaired) electrons. The summed E-state index contributed by atoms with van der Waals surface area (Å²) in [6.07, 6.45) is 1.31. The van der Waals surface area contributed by atoms with E-state index in [0.29, 0.717) is 6.42 Å². The highest BCUT2D eigenvalue weighted by molar-refractivity contribution is 5.93. The molecule has 2 fully saturated rings. The number of nitrogens with one attached hydrogen (secondary N) is 2. The molecule has 6 nitrogen and oxygen atoms in total. The van der Waals surface area contributed by atoms with E-state index in [4.69, 9.17) is 0 Å². The van der Waals surface area contributed by atoms with Gasteiger partial charge in [0.1, 0.15) is 0 Å². The fourth-order valence-electron chi connectivity index (χ4n) is 3.17. The largest absolute Gasteiger partial charge is 0.340 e. The minimum absolute atomic E-state index is 0.0588. The standard InChI is InChI=1S/C18H26N4O2/c1-21-8-10-22(11-9-21)17(23)12-14-2-4-16(5-3-14)20-18(24)15-6-7-19-13-15/h2-5,15,19H,6-13H2,1H3,(H,20,24). The molecule has 1 unspecified atom stereocenters. The Kier molecular flexibility index (Phi) is 5.48. The van der Waals surface area contributed by atoms with Crippen LogP contribution >= 0.6 is 0 Å². The van der Waals surface area contributed by atoms with Gasteiger partial charge in [0.2, 0.25) is 11.8 Å². The molecular formula is C18H26N4O2. The summed E-state index contributed by atoms with van der Waals surface area (Å²) in [5.74, 6) is 0.307. The highest BCUT2D eigenvalue weighted by atomic mass is 16.2. The van der Waals surface area contributed by atoms with Gasteiger partial charge in [-0.25, -0.2) is 0 Å². The average Bonchev–Trinajstić information content (AvgIpc) is 3.12. The van der Waals surface area contributed by atoms with Gasteiger partial charge in [-0.15, -0.1) is 0 Å². The Hall–Kier alpha value is -1.92. The zero-order valence-electron chi connectivity index (χ0n) is 14.3. The Morgan fingerprint density at radius 2 is 1.88 bits per heavy atom. The van der Waals surface area contributed by atoms with E-state index in [9.17, 15) is 9.59 Å². The fraction of sp³-hybridized carbons (Fsp3) is 0.556. The predicted molar refractivity (Wildman–Crippen MR) is 93.8 cm³/mol. The van der Waals surface area contributed by atoms with Gasteiger partial charge in [0.15, 0.2) is 0 Å². The molecule has 0 aliphatic carbocycles. The number of hydrogen-bond donors (Lipinski definition) is 2. The molecule has 0 bridgehead atoms. The SMILES string of the molecule is CN1CCN(C(=O)Cc2ccc(NC(=O)C3CCNC3)cc2)CC1. The van der Waals surface area contributed by atoms with Crippen LogP contribution in [-0.4, -0.2) is 67.9 Å². The molecule has 2 saturated heterocycles. The number of benzene rings is 1. The lowest BCUT2D eigenvalue weighted by molar-refractivity contribution is -0.132. The second-order valence-corrected chi connectivity index (χ2v) is 6.74. The zero-order valence-corrected chi connectivity index (χ0v) is 14.3. The summed E-state index contributed by atoms with van der Waals surface area (Å²) >= 11 is 0. The summed E-state index contributed by atoms with van der Waals surface area (Å²) in [7, 11) is 2.08. The summed E-state index contributed by atoms with van der Waals surface area (Å²) < 4.78 is 0. The summed E-state index contributed by atoms with van der Waals surface area (Å²) in [5, 5.41) is 6.15.